The van der Waals surface area contributed by atoms with Crippen LogP contribution in [-0.2, 0) is 0 Å². The van der Waals surface area contributed by atoms with E-state index in [2.05, 4.69) is 15.9 Å². The molecule has 90 valence electrons. The number of carboxylic acid groups (broad SMARTS) is 1. The molecule has 0 saturated carbocycles. The molecule has 0 spiro atoms. The second-order valence-corrected chi connectivity index (χ2v) is 4.75. The van der Waals surface area contributed by atoms with E-state index in [4.69, 9.17) is 10.4 Å². The van der Waals surface area contributed by atoms with Gasteiger partial charge in [0.15, 0.2) is 0 Å². The molecular weight excluding hydrogens is 323 g/mol. The van der Waals surface area contributed by atoms with Gasteiger partial charge in [0, 0.05) is 9.37 Å². The van der Waals surface area contributed by atoms with E-state index >= 15 is 0 Å². The van der Waals surface area contributed by atoms with Crippen molar-refractivity contribution in [3.8, 4) is 6.07 Å². The van der Waals surface area contributed by atoms with Crippen LogP contribution in [0.2, 0.25) is 0 Å². The second kappa shape index (κ2) is 4.98. The van der Waals surface area contributed by atoms with Crippen molar-refractivity contribution in [2.75, 3.05) is 0 Å². The van der Waals surface area contributed by atoms with E-state index in [0.29, 0.717) is 0 Å². The fourth-order valence-corrected chi connectivity index (χ4v) is 2.19. The van der Waals surface area contributed by atoms with Crippen LogP contribution in [0.15, 0.2) is 21.5 Å². The number of nitrogens with zero attached hydrogens (tertiary/aromatic N) is 1. The summed E-state index contributed by atoms with van der Waals surface area (Å²) in [7, 11) is 0. The van der Waals surface area contributed by atoms with Gasteiger partial charge in [0.2, 0.25) is 0 Å². The Hall–Kier alpha value is -1.20. The number of nitriles is 1. The summed E-state index contributed by atoms with van der Waals surface area (Å²) in [5.74, 6) is -1.45. The summed E-state index contributed by atoms with van der Waals surface area (Å²) in [6.07, 6.45) is 0. The van der Waals surface area contributed by atoms with Crippen LogP contribution in [0.5, 0.6) is 0 Å². The molecule has 0 aliphatic heterocycles. The molecule has 17 heavy (non-hydrogen) atoms. The van der Waals surface area contributed by atoms with E-state index in [0.717, 1.165) is 12.1 Å². The molecule has 0 fully saturated rings. The number of hydrogen-bond donors (Lipinski definition) is 1. The fraction of sp³-hybridized carbons (Fsp3) is 0.111. The first-order valence-corrected chi connectivity index (χ1v) is 5.58. The largest absolute Gasteiger partial charge is 0.478 e. The standard InChI is InChI=1S/C9H3BrF3NO2S/c10-6-1-4(3-14)5(8(15)16)2-7(6)17-9(11,12)13/h1-2H,(H,15,16). The van der Waals surface area contributed by atoms with Crippen LogP contribution in [0, 0.1) is 11.3 Å². The first-order chi connectivity index (χ1) is 7.74. The van der Waals surface area contributed by atoms with Crippen LogP contribution >= 0.6 is 27.7 Å². The molecule has 1 aromatic rings. The van der Waals surface area contributed by atoms with Crippen molar-refractivity contribution in [1.82, 2.24) is 0 Å². The lowest BCUT2D eigenvalue weighted by Crippen LogP contribution is -2.04. The van der Waals surface area contributed by atoms with Crippen molar-refractivity contribution in [1.29, 1.82) is 5.26 Å². The number of halogens is 4. The maximum atomic E-state index is 12.2. The molecule has 0 unspecified atom stereocenters. The summed E-state index contributed by atoms with van der Waals surface area (Å²) in [5, 5.41) is 17.4. The highest BCUT2D eigenvalue weighted by Crippen LogP contribution is 2.41. The number of carboxylic acids is 1. The Kier molecular flexibility index (Phi) is 4.06. The van der Waals surface area contributed by atoms with Gasteiger partial charge in [-0.15, -0.1) is 0 Å². The predicted octanol–water partition coefficient (Wildman–Crippen LogP) is 3.63. The van der Waals surface area contributed by atoms with Crippen molar-refractivity contribution >= 4 is 33.7 Å². The van der Waals surface area contributed by atoms with Gasteiger partial charge < -0.3 is 5.11 Å². The molecule has 0 atom stereocenters. The Bertz CT molecular complexity index is 510. The zero-order valence-electron chi connectivity index (χ0n) is 7.88. The molecule has 1 N–H and O–H groups in total. The van der Waals surface area contributed by atoms with Gasteiger partial charge in [0.25, 0.3) is 0 Å². The lowest BCUT2D eigenvalue weighted by atomic mass is 10.1. The average molecular weight is 326 g/mol. The van der Waals surface area contributed by atoms with E-state index < -0.39 is 28.8 Å². The summed E-state index contributed by atoms with van der Waals surface area (Å²) < 4.78 is 36.5. The van der Waals surface area contributed by atoms with E-state index in [9.17, 15) is 18.0 Å². The quantitative estimate of drug-likeness (QED) is 0.843. The average Bonchev–Trinajstić information content (AvgIpc) is 2.18. The van der Waals surface area contributed by atoms with Crippen molar-refractivity contribution < 1.29 is 23.1 Å². The molecule has 8 heteroatoms. The van der Waals surface area contributed by atoms with Crippen molar-refractivity contribution in [3.63, 3.8) is 0 Å². The van der Waals surface area contributed by atoms with Crippen LogP contribution in [0.3, 0.4) is 0 Å². The molecular formula is C9H3BrF3NO2S. The Labute approximate surface area is 106 Å². The zero-order valence-corrected chi connectivity index (χ0v) is 10.3. The molecule has 0 bridgehead atoms. The van der Waals surface area contributed by atoms with E-state index in [-0.39, 0.29) is 14.9 Å². The number of aromatic carboxylic acids is 1. The number of hydrogen-bond acceptors (Lipinski definition) is 3. The summed E-state index contributed by atoms with van der Waals surface area (Å²) in [4.78, 5) is 10.5. The van der Waals surface area contributed by atoms with Crippen LogP contribution in [0.1, 0.15) is 15.9 Å². The number of carbonyl (C=O) groups is 1. The predicted molar refractivity (Wildman–Crippen MR) is 57.7 cm³/mol. The summed E-state index contributed by atoms with van der Waals surface area (Å²) >= 11 is 2.42. The Morgan fingerprint density at radius 3 is 2.47 bits per heavy atom. The second-order valence-electron chi connectivity index (χ2n) is 2.79. The smallest absolute Gasteiger partial charge is 0.446 e. The lowest BCUT2D eigenvalue weighted by Gasteiger charge is -2.09. The molecule has 0 heterocycles. The molecule has 0 aromatic heterocycles. The summed E-state index contributed by atoms with van der Waals surface area (Å²) in [5.41, 5.74) is -5.18. The van der Waals surface area contributed by atoms with Gasteiger partial charge in [0.1, 0.15) is 6.07 Å². The maximum absolute atomic E-state index is 12.2. The van der Waals surface area contributed by atoms with Crippen LogP contribution < -0.4 is 0 Å². The van der Waals surface area contributed by atoms with Gasteiger partial charge in [-0.25, -0.2) is 4.79 Å². The van der Waals surface area contributed by atoms with Crippen molar-refractivity contribution in [3.05, 3.63) is 27.7 Å². The van der Waals surface area contributed by atoms with E-state index in [1.54, 1.807) is 6.07 Å². The summed E-state index contributed by atoms with van der Waals surface area (Å²) in [6, 6.07) is 3.48. The van der Waals surface area contributed by atoms with Crippen LogP contribution in [0.4, 0.5) is 13.2 Å². The van der Waals surface area contributed by atoms with Crippen molar-refractivity contribution in [2.45, 2.75) is 10.4 Å². The highest BCUT2D eigenvalue weighted by molar-refractivity contribution is 9.10. The third-order valence-electron chi connectivity index (χ3n) is 1.65. The van der Waals surface area contributed by atoms with Crippen LogP contribution in [-0.4, -0.2) is 16.6 Å². The first-order valence-electron chi connectivity index (χ1n) is 3.97. The highest BCUT2D eigenvalue weighted by Gasteiger charge is 2.31. The monoisotopic (exact) mass is 325 g/mol. The van der Waals surface area contributed by atoms with Crippen LogP contribution in [0.25, 0.3) is 0 Å². The number of alkyl halides is 3. The summed E-state index contributed by atoms with van der Waals surface area (Å²) in [6.45, 7) is 0. The normalized spacial score (nSPS) is 11.0. The molecule has 0 amide bonds. The number of rotatable bonds is 2. The number of thioether (sulfide) groups is 1. The maximum Gasteiger partial charge on any atom is 0.446 e. The molecule has 0 aliphatic rings. The van der Waals surface area contributed by atoms with E-state index in [1.807, 2.05) is 0 Å². The number of benzene rings is 1. The molecule has 1 aromatic carbocycles. The Morgan fingerprint density at radius 2 is 2.06 bits per heavy atom. The third kappa shape index (κ3) is 3.64. The zero-order chi connectivity index (χ0) is 13.2. The molecule has 3 nitrogen and oxygen atoms in total. The van der Waals surface area contributed by atoms with E-state index in [1.165, 1.54) is 0 Å². The lowest BCUT2D eigenvalue weighted by molar-refractivity contribution is -0.0328. The van der Waals surface area contributed by atoms with Gasteiger partial charge in [-0.2, -0.15) is 18.4 Å². The topological polar surface area (TPSA) is 61.1 Å². The molecule has 0 aliphatic carbocycles. The minimum absolute atomic E-state index is 0.0291. The molecule has 1 rings (SSSR count). The van der Waals surface area contributed by atoms with Gasteiger partial charge in [0.05, 0.1) is 11.1 Å². The Balaban J connectivity index is 3.31. The molecule has 0 radical (unpaired) electrons. The minimum Gasteiger partial charge on any atom is -0.478 e. The van der Waals surface area contributed by atoms with Gasteiger partial charge in [-0.3, -0.25) is 0 Å². The minimum atomic E-state index is -4.52. The van der Waals surface area contributed by atoms with Crippen molar-refractivity contribution in [2.24, 2.45) is 0 Å². The third-order valence-corrected chi connectivity index (χ3v) is 3.36. The molecule has 0 saturated heterocycles. The Morgan fingerprint density at radius 1 is 1.47 bits per heavy atom. The van der Waals surface area contributed by atoms with Gasteiger partial charge in [-0.05, 0) is 39.8 Å². The SMILES string of the molecule is N#Cc1cc(Br)c(SC(F)(F)F)cc1C(=O)O. The van der Waals surface area contributed by atoms with Gasteiger partial charge in [-0.1, -0.05) is 0 Å². The van der Waals surface area contributed by atoms with Gasteiger partial charge >= 0.3 is 11.5 Å². The first kappa shape index (κ1) is 13.9. The highest BCUT2D eigenvalue weighted by atomic mass is 79.9. The fourth-order valence-electron chi connectivity index (χ4n) is 1.03.